The highest BCUT2D eigenvalue weighted by atomic mass is 35.5. The smallest absolute Gasteiger partial charge is 0.248 e. The molecule has 6 nitrogen and oxygen atoms in total. The van der Waals surface area contributed by atoms with E-state index in [0.717, 1.165) is 5.69 Å². The third-order valence-corrected chi connectivity index (χ3v) is 3.57. The second kappa shape index (κ2) is 6.62. The van der Waals surface area contributed by atoms with Gasteiger partial charge in [0.15, 0.2) is 0 Å². The summed E-state index contributed by atoms with van der Waals surface area (Å²) in [5.74, 6) is -0.341. The lowest BCUT2D eigenvalue weighted by molar-refractivity contribution is -0.119. The Labute approximate surface area is 133 Å². The zero-order chi connectivity index (χ0) is 16.3. The molecule has 2 amide bonds. The first-order valence-electron chi connectivity index (χ1n) is 6.76. The summed E-state index contributed by atoms with van der Waals surface area (Å²) in [7, 11) is 0. The molecule has 0 radical (unpaired) electrons. The number of rotatable bonds is 4. The van der Waals surface area contributed by atoms with Crippen LogP contribution >= 0.6 is 11.6 Å². The lowest BCUT2D eigenvalue weighted by Gasteiger charge is -2.14. The predicted octanol–water partition coefficient (Wildman–Crippen LogP) is 3.00. The molecule has 22 heavy (non-hydrogen) atoms. The Morgan fingerprint density at radius 3 is 2.18 bits per heavy atom. The molecule has 0 fully saturated rings. The monoisotopic (exact) mass is 320 g/mol. The second-order valence-electron chi connectivity index (χ2n) is 4.95. The quantitative estimate of drug-likeness (QED) is 0.909. The Morgan fingerprint density at radius 1 is 1.18 bits per heavy atom. The van der Waals surface area contributed by atoms with Crippen molar-refractivity contribution in [3.8, 4) is 0 Å². The highest BCUT2D eigenvalue weighted by Gasteiger charge is 2.18. The molecule has 0 saturated heterocycles. The molecule has 0 saturated carbocycles. The predicted molar refractivity (Wildman–Crippen MR) is 86.1 cm³/mol. The normalized spacial score (nSPS) is 11.8. The van der Waals surface area contributed by atoms with Gasteiger partial charge in [0.25, 0.3) is 0 Å². The summed E-state index contributed by atoms with van der Waals surface area (Å²) >= 11 is 5.95. The van der Waals surface area contributed by atoms with Gasteiger partial charge >= 0.3 is 0 Å². The van der Waals surface area contributed by atoms with E-state index in [4.69, 9.17) is 11.6 Å². The van der Waals surface area contributed by atoms with Crippen molar-refractivity contribution in [2.45, 2.75) is 26.8 Å². The molecular weight excluding hydrogens is 304 g/mol. The van der Waals surface area contributed by atoms with Crippen molar-refractivity contribution in [2.75, 3.05) is 10.6 Å². The van der Waals surface area contributed by atoms with Crippen molar-refractivity contribution in [3.63, 3.8) is 0 Å². The molecule has 2 N–H and O–H groups in total. The number of hydrogen-bond acceptors (Lipinski definition) is 3. The van der Waals surface area contributed by atoms with Crippen LogP contribution in [0.25, 0.3) is 0 Å². The van der Waals surface area contributed by atoms with Crippen molar-refractivity contribution >= 4 is 34.8 Å². The molecule has 2 aromatic rings. The second-order valence-corrected chi connectivity index (χ2v) is 5.35. The van der Waals surface area contributed by atoms with Crippen LogP contribution in [0.5, 0.6) is 0 Å². The van der Waals surface area contributed by atoms with E-state index >= 15 is 0 Å². The zero-order valence-electron chi connectivity index (χ0n) is 12.6. The van der Waals surface area contributed by atoms with Crippen LogP contribution in [0.4, 0.5) is 11.4 Å². The number of halogens is 1. The molecule has 1 atom stereocenters. The Balaban J connectivity index is 2.05. The van der Waals surface area contributed by atoms with Gasteiger partial charge in [-0.3, -0.25) is 14.3 Å². The van der Waals surface area contributed by atoms with Gasteiger partial charge in [0, 0.05) is 18.3 Å². The Hall–Kier alpha value is -2.34. The third-order valence-electron chi connectivity index (χ3n) is 3.20. The maximum absolute atomic E-state index is 12.3. The van der Waals surface area contributed by atoms with Crippen LogP contribution < -0.4 is 10.6 Å². The minimum Gasteiger partial charge on any atom is -0.326 e. The molecule has 0 aliphatic heterocycles. The van der Waals surface area contributed by atoms with Gasteiger partial charge in [-0.05, 0) is 38.1 Å². The number of hydrogen-bond donors (Lipinski definition) is 2. The fourth-order valence-corrected chi connectivity index (χ4v) is 2.12. The summed E-state index contributed by atoms with van der Waals surface area (Å²) in [4.78, 5) is 23.2. The van der Waals surface area contributed by atoms with E-state index in [1.165, 1.54) is 13.1 Å². The van der Waals surface area contributed by atoms with E-state index in [0.29, 0.717) is 16.4 Å². The van der Waals surface area contributed by atoms with Gasteiger partial charge < -0.3 is 10.6 Å². The topological polar surface area (TPSA) is 76.0 Å². The number of amides is 2. The highest BCUT2D eigenvalue weighted by molar-refractivity contribution is 6.31. The van der Waals surface area contributed by atoms with E-state index < -0.39 is 6.04 Å². The molecule has 7 heteroatoms. The number of benzene rings is 1. The molecule has 1 aromatic carbocycles. The summed E-state index contributed by atoms with van der Waals surface area (Å²) < 4.78 is 1.57. The van der Waals surface area contributed by atoms with Gasteiger partial charge in [0.1, 0.15) is 6.04 Å². The van der Waals surface area contributed by atoms with Crippen molar-refractivity contribution in [1.82, 2.24) is 9.78 Å². The average Bonchev–Trinajstić information content (AvgIpc) is 2.80. The van der Waals surface area contributed by atoms with Gasteiger partial charge in [-0.15, -0.1) is 0 Å². The highest BCUT2D eigenvalue weighted by Crippen LogP contribution is 2.19. The van der Waals surface area contributed by atoms with Gasteiger partial charge in [-0.25, -0.2) is 0 Å². The SMILES string of the molecule is CC(=O)Nc1ccc(NC(=O)C(C)n2ncc(Cl)c2C)cc1. The Morgan fingerprint density at radius 2 is 1.73 bits per heavy atom. The minimum absolute atomic E-state index is 0.142. The van der Waals surface area contributed by atoms with Crippen LogP contribution in [0.15, 0.2) is 30.5 Å². The number of carbonyl (C=O) groups is 2. The van der Waals surface area contributed by atoms with E-state index in [1.807, 2.05) is 0 Å². The molecule has 1 aromatic heterocycles. The molecule has 2 rings (SSSR count). The molecule has 0 aliphatic carbocycles. The third kappa shape index (κ3) is 3.65. The first-order valence-corrected chi connectivity index (χ1v) is 7.14. The molecule has 116 valence electrons. The average molecular weight is 321 g/mol. The first-order chi connectivity index (χ1) is 10.4. The minimum atomic E-state index is -0.484. The Kier molecular flexibility index (Phi) is 4.82. The summed E-state index contributed by atoms with van der Waals surface area (Å²) in [6.45, 7) is 4.99. The van der Waals surface area contributed by atoms with E-state index in [-0.39, 0.29) is 11.8 Å². The summed E-state index contributed by atoms with van der Waals surface area (Å²) in [5.41, 5.74) is 2.06. The molecular formula is C15H17ClN4O2. The van der Waals surface area contributed by atoms with E-state index in [1.54, 1.807) is 42.8 Å². The molecule has 1 unspecified atom stereocenters. The largest absolute Gasteiger partial charge is 0.326 e. The lowest BCUT2D eigenvalue weighted by Crippen LogP contribution is -2.25. The molecule has 0 aliphatic rings. The van der Waals surface area contributed by atoms with Gasteiger partial charge in [-0.2, -0.15) is 5.10 Å². The van der Waals surface area contributed by atoms with Gasteiger partial charge in [0.05, 0.1) is 16.9 Å². The lowest BCUT2D eigenvalue weighted by atomic mass is 10.2. The summed E-state index contributed by atoms with van der Waals surface area (Å²) in [5, 5.41) is 10.1. The van der Waals surface area contributed by atoms with Crippen molar-refractivity contribution in [2.24, 2.45) is 0 Å². The summed E-state index contributed by atoms with van der Waals surface area (Å²) in [6, 6.07) is 6.40. The van der Waals surface area contributed by atoms with E-state index in [2.05, 4.69) is 15.7 Å². The van der Waals surface area contributed by atoms with Gasteiger partial charge in [0.2, 0.25) is 11.8 Å². The maximum Gasteiger partial charge on any atom is 0.248 e. The van der Waals surface area contributed by atoms with Crippen LogP contribution in [-0.2, 0) is 9.59 Å². The number of carbonyl (C=O) groups excluding carboxylic acids is 2. The fourth-order valence-electron chi connectivity index (χ4n) is 1.99. The van der Waals surface area contributed by atoms with Crippen LogP contribution in [0.1, 0.15) is 25.6 Å². The molecule has 0 bridgehead atoms. The van der Waals surface area contributed by atoms with E-state index in [9.17, 15) is 9.59 Å². The fraction of sp³-hybridized carbons (Fsp3) is 0.267. The van der Waals surface area contributed by atoms with Crippen LogP contribution in [-0.4, -0.2) is 21.6 Å². The standard InChI is InChI=1S/C15H17ClN4O2/c1-9-14(16)8-17-20(9)10(2)15(22)19-13-6-4-12(5-7-13)18-11(3)21/h4-8,10H,1-3H3,(H,18,21)(H,19,22). The van der Waals surface area contributed by atoms with Crippen molar-refractivity contribution in [1.29, 1.82) is 0 Å². The Bertz CT molecular complexity index is 694. The van der Waals surface area contributed by atoms with Crippen LogP contribution in [0.3, 0.4) is 0 Å². The number of aromatic nitrogens is 2. The van der Waals surface area contributed by atoms with Crippen molar-refractivity contribution < 1.29 is 9.59 Å². The summed E-state index contributed by atoms with van der Waals surface area (Å²) in [6.07, 6.45) is 1.52. The number of anilines is 2. The zero-order valence-corrected chi connectivity index (χ0v) is 13.3. The number of nitrogens with one attached hydrogen (secondary N) is 2. The van der Waals surface area contributed by atoms with Gasteiger partial charge in [-0.1, -0.05) is 11.6 Å². The maximum atomic E-state index is 12.3. The molecule has 1 heterocycles. The van der Waals surface area contributed by atoms with Crippen LogP contribution in [0, 0.1) is 6.92 Å². The first kappa shape index (κ1) is 16.0. The number of nitrogens with zero attached hydrogens (tertiary/aromatic N) is 2. The van der Waals surface area contributed by atoms with Crippen molar-refractivity contribution in [3.05, 3.63) is 41.2 Å². The van der Waals surface area contributed by atoms with Crippen LogP contribution in [0.2, 0.25) is 5.02 Å². The molecule has 0 spiro atoms.